The normalized spacial score (nSPS) is 10.8. The van der Waals surface area contributed by atoms with E-state index in [0.29, 0.717) is 18.1 Å². The molecule has 0 aliphatic rings. The van der Waals surface area contributed by atoms with Gasteiger partial charge in [0.1, 0.15) is 5.75 Å². The summed E-state index contributed by atoms with van der Waals surface area (Å²) < 4.78 is 5.61. The van der Waals surface area contributed by atoms with Crippen LogP contribution in [0.2, 0.25) is 0 Å². The van der Waals surface area contributed by atoms with E-state index in [2.05, 4.69) is 29.7 Å². The third-order valence-electron chi connectivity index (χ3n) is 3.56. The summed E-state index contributed by atoms with van der Waals surface area (Å²) >= 11 is 0. The molecule has 27 heavy (non-hydrogen) atoms. The quantitative estimate of drug-likeness (QED) is 0.556. The molecule has 0 spiro atoms. The molecule has 0 aliphatic heterocycles. The molecule has 0 heterocycles. The molecule has 6 nitrogen and oxygen atoms in total. The lowest BCUT2D eigenvalue weighted by Crippen LogP contribution is -2.34. The zero-order valence-corrected chi connectivity index (χ0v) is 15.9. The zero-order chi connectivity index (χ0) is 19.6. The molecule has 0 atom stereocenters. The average Bonchev–Trinajstić information content (AvgIpc) is 2.65. The Morgan fingerprint density at radius 1 is 1.15 bits per heavy atom. The van der Waals surface area contributed by atoms with Crippen molar-refractivity contribution in [2.45, 2.75) is 20.8 Å². The van der Waals surface area contributed by atoms with Crippen molar-refractivity contribution in [3.8, 4) is 5.75 Å². The lowest BCUT2D eigenvalue weighted by molar-refractivity contribution is -0.120. The van der Waals surface area contributed by atoms with Gasteiger partial charge in [-0.05, 0) is 54.8 Å². The molecular weight excluding hydrogens is 342 g/mol. The second kappa shape index (κ2) is 10.1. The molecule has 142 valence electrons. The van der Waals surface area contributed by atoms with Gasteiger partial charge in [-0.3, -0.25) is 9.59 Å². The summed E-state index contributed by atoms with van der Waals surface area (Å²) in [4.78, 5) is 23.8. The molecule has 0 saturated heterocycles. The third kappa shape index (κ3) is 7.32. The van der Waals surface area contributed by atoms with Crippen LogP contribution in [0.4, 0.5) is 0 Å². The maximum absolute atomic E-state index is 12.0. The lowest BCUT2D eigenvalue weighted by Gasteiger charge is -2.08. The lowest BCUT2D eigenvalue weighted by atomic mass is 10.1. The van der Waals surface area contributed by atoms with Crippen LogP contribution in [0.15, 0.2) is 53.6 Å². The summed E-state index contributed by atoms with van der Waals surface area (Å²) in [6.45, 7) is 6.60. The highest BCUT2D eigenvalue weighted by atomic mass is 16.5. The maximum atomic E-state index is 12.0. The molecule has 0 bridgehead atoms. The number of benzene rings is 2. The number of hydrogen-bond donors (Lipinski definition) is 2. The maximum Gasteiger partial charge on any atom is 0.259 e. The number of ether oxygens (including phenoxy) is 1. The van der Waals surface area contributed by atoms with E-state index >= 15 is 0 Å². The van der Waals surface area contributed by atoms with Gasteiger partial charge in [0.25, 0.3) is 11.8 Å². The number of nitrogens with zero attached hydrogens (tertiary/aromatic N) is 1. The molecule has 0 aliphatic carbocycles. The molecule has 0 saturated carbocycles. The highest BCUT2D eigenvalue weighted by Gasteiger charge is 2.07. The summed E-state index contributed by atoms with van der Waals surface area (Å²) in [5.74, 6) is 0.565. The molecule has 2 rings (SSSR count). The van der Waals surface area contributed by atoms with Crippen LogP contribution in [-0.2, 0) is 4.79 Å². The van der Waals surface area contributed by atoms with E-state index in [1.54, 1.807) is 18.2 Å². The molecule has 0 unspecified atom stereocenters. The Morgan fingerprint density at radius 3 is 2.56 bits per heavy atom. The molecule has 2 amide bonds. The largest absolute Gasteiger partial charge is 0.493 e. The number of aryl methyl sites for hydroxylation is 1. The first-order valence-corrected chi connectivity index (χ1v) is 8.83. The Bertz CT molecular complexity index is 799. The number of amides is 2. The van der Waals surface area contributed by atoms with Crippen molar-refractivity contribution in [1.82, 2.24) is 10.7 Å². The van der Waals surface area contributed by atoms with Crippen LogP contribution in [0.5, 0.6) is 5.75 Å². The highest BCUT2D eigenvalue weighted by molar-refractivity contribution is 5.96. The molecule has 0 aromatic heterocycles. The molecule has 2 N–H and O–H groups in total. The molecule has 0 radical (unpaired) electrons. The number of hydrogen-bond acceptors (Lipinski definition) is 4. The van der Waals surface area contributed by atoms with Crippen molar-refractivity contribution in [2.75, 3.05) is 13.2 Å². The van der Waals surface area contributed by atoms with Crippen LogP contribution in [0.3, 0.4) is 0 Å². The summed E-state index contributed by atoms with van der Waals surface area (Å²) in [6.07, 6.45) is 1.53. The first-order chi connectivity index (χ1) is 12.9. The summed E-state index contributed by atoms with van der Waals surface area (Å²) in [6, 6.07) is 14.6. The highest BCUT2D eigenvalue weighted by Crippen LogP contribution is 2.12. The predicted molar refractivity (Wildman–Crippen MR) is 106 cm³/mol. The first kappa shape index (κ1) is 20.2. The summed E-state index contributed by atoms with van der Waals surface area (Å²) in [5.41, 5.74) is 4.72. The Morgan fingerprint density at radius 2 is 1.89 bits per heavy atom. The number of nitrogens with one attached hydrogen (secondary N) is 2. The third-order valence-corrected chi connectivity index (χ3v) is 3.56. The van der Waals surface area contributed by atoms with E-state index in [1.165, 1.54) is 6.21 Å². The second-order valence-electron chi connectivity index (χ2n) is 6.62. The molecular formula is C21H25N3O3. The Balaban J connectivity index is 1.75. The Kier molecular flexibility index (Phi) is 7.55. The van der Waals surface area contributed by atoms with Crippen molar-refractivity contribution in [3.63, 3.8) is 0 Å². The number of hydrazone groups is 1. The van der Waals surface area contributed by atoms with Crippen molar-refractivity contribution >= 4 is 18.0 Å². The minimum absolute atomic E-state index is 0.147. The van der Waals surface area contributed by atoms with E-state index < -0.39 is 5.91 Å². The fourth-order valence-corrected chi connectivity index (χ4v) is 2.18. The molecule has 2 aromatic carbocycles. The van der Waals surface area contributed by atoms with E-state index in [4.69, 9.17) is 4.74 Å². The predicted octanol–water partition coefficient (Wildman–Crippen LogP) is 2.91. The van der Waals surface area contributed by atoms with Crippen molar-refractivity contribution in [1.29, 1.82) is 0 Å². The van der Waals surface area contributed by atoms with E-state index in [-0.39, 0.29) is 12.5 Å². The minimum atomic E-state index is -0.399. The van der Waals surface area contributed by atoms with Gasteiger partial charge in [-0.1, -0.05) is 31.5 Å². The van der Waals surface area contributed by atoms with Crippen LogP contribution >= 0.6 is 0 Å². The monoisotopic (exact) mass is 367 g/mol. The fourth-order valence-electron chi connectivity index (χ4n) is 2.18. The van der Waals surface area contributed by atoms with Gasteiger partial charge in [-0.2, -0.15) is 5.10 Å². The van der Waals surface area contributed by atoms with Gasteiger partial charge in [-0.15, -0.1) is 0 Å². The second-order valence-corrected chi connectivity index (χ2v) is 6.62. The Labute approximate surface area is 159 Å². The molecule has 0 fully saturated rings. The smallest absolute Gasteiger partial charge is 0.259 e. The van der Waals surface area contributed by atoms with Crippen LogP contribution in [0, 0.1) is 12.8 Å². The van der Waals surface area contributed by atoms with Gasteiger partial charge in [0.15, 0.2) is 0 Å². The van der Waals surface area contributed by atoms with Gasteiger partial charge < -0.3 is 10.1 Å². The summed E-state index contributed by atoms with van der Waals surface area (Å²) in [7, 11) is 0. The number of carbonyl (C=O) groups is 2. The Hall–Kier alpha value is -3.15. The number of rotatable bonds is 8. The van der Waals surface area contributed by atoms with Gasteiger partial charge in [-0.25, -0.2) is 5.43 Å². The summed E-state index contributed by atoms with van der Waals surface area (Å²) in [5, 5.41) is 6.46. The van der Waals surface area contributed by atoms with Crippen molar-refractivity contribution in [2.24, 2.45) is 11.0 Å². The van der Waals surface area contributed by atoms with Crippen molar-refractivity contribution < 1.29 is 14.3 Å². The fraction of sp³-hybridized carbons (Fsp3) is 0.286. The molecule has 2 aromatic rings. The molecule has 6 heteroatoms. The van der Waals surface area contributed by atoms with E-state index in [0.717, 1.165) is 16.9 Å². The van der Waals surface area contributed by atoms with Gasteiger partial charge in [0.05, 0.1) is 19.4 Å². The first-order valence-electron chi connectivity index (χ1n) is 8.83. The van der Waals surface area contributed by atoms with E-state index in [9.17, 15) is 9.59 Å². The van der Waals surface area contributed by atoms with E-state index in [1.807, 2.05) is 37.3 Å². The standard InChI is InChI=1S/C21H25N3O3/c1-15(2)14-27-19-9-7-17(8-10-19)12-23-24-20(25)13-22-21(26)18-6-4-5-16(3)11-18/h4-12,15H,13-14H2,1-3H3,(H,22,26)(H,24,25)/b23-12+. The van der Waals surface area contributed by atoms with Gasteiger partial charge >= 0.3 is 0 Å². The minimum Gasteiger partial charge on any atom is -0.493 e. The van der Waals surface area contributed by atoms with Crippen LogP contribution in [-0.4, -0.2) is 31.2 Å². The SMILES string of the molecule is Cc1cccc(C(=O)NCC(=O)N/N=C/c2ccc(OCC(C)C)cc2)c1. The number of carbonyl (C=O) groups excluding carboxylic acids is 2. The zero-order valence-electron chi connectivity index (χ0n) is 15.9. The topological polar surface area (TPSA) is 79.8 Å². The van der Waals surface area contributed by atoms with Crippen LogP contribution in [0.25, 0.3) is 0 Å². The average molecular weight is 367 g/mol. The van der Waals surface area contributed by atoms with Gasteiger partial charge in [0, 0.05) is 5.56 Å². The van der Waals surface area contributed by atoms with Crippen LogP contribution in [0.1, 0.15) is 35.3 Å². The van der Waals surface area contributed by atoms with Gasteiger partial charge in [0.2, 0.25) is 0 Å². The van der Waals surface area contributed by atoms with Crippen LogP contribution < -0.4 is 15.5 Å². The van der Waals surface area contributed by atoms with Crippen molar-refractivity contribution in [3.05, 3.63) is 65.2 Å².